The predicted octanol–water partition coefficient (Wildman–Crippen LogP) is 1.14. The van der Waals surface area contributed by atoms with Gasteiger partial charge in [0.2, 0.25) is 5.13 Å². The Bertz CT molecular complexity index is 458. The third-order valence-corrected chi connectivity index (χ3v) is 3.28. The molecule has 1 amide bonds. The van der Waals surface area contributed by atoms with Gasteiger partial charge in [0.1, 0.15) is 0 Å². The standard InChI is InChI=1S/C7H7N5OS2/c1-3-4(8)2-5(14-3)6(13)9-7-10-11-12-15-7/h2H,8H2,1H3,(H,9,10,12,13). The number of aryl methyl sites for hydroxylation is 1. The molecule has 2 rings (SSSR count). The predicted molar refractivity (Wildman–Crippen MR) is 59.1 cm³/mol. The van der Waals surface area contributed by atoms with Crippen LogP contribution >= 0.6 is 22.9 Å². The first-order chi connectivity index (χ1) is 7.16. The molecule has 0 radical (unpaired) electrons. The minimum absolute atomic E-state index is 0.238. The number of aromatic nitrogens is 3. The molecule has 15 heavy (non-hydrogen) atoms. The Labute approximate surface area is 93.3 Å². The Morgan fingerprint density at radius 2 is 2.40 bits per heavy atom. The zero-order valence-electron chi connectivity index (χ0n) is 7.72. The maximum atomic E-state index is 11.6. The van der Waals surface area contributed by atoms with Gasteiger partial charge in [-0.1, -0.05) is 9.59 Å². The number of nitrogen functional groups attached to an aromatic ring is 1. The molecular formula is C7H7N5OS2. The van der Waals surface area contributed by atoms with E-state index < -0.39 is 0 Å². The van der Waals surface area contributed by atoms with Crippen molar-refractivity contribution in [3.05, 3.63) is 15.8 Å². The largest absolute Gasteiger partial charge is 0.398 e. The lowest BCUT2D eigenvalue weighted by atomic mass is 10.4. The maximum Gasteiger partial charge on any atom is 0.267 e. The first kappa shape index (κ1) is 9.99. The van der Waals surface area contributed by atoms with Gasteiger partial charge < -0.3 is 5.73 Å². The monoisotopic (exact) mass is 241 g/mol. The van der Waals surface area contributed by atoms with E-state index in [2.05, 4.69) is 20.1 Å². The molecule has 6 nitrogen and oxygen atoms in total. The number of hydrogen-bond acceptors (Lipinski definition) is 7. The van der Waals surface area contributed by atoms with Crippen molar-refractivity contribution in [3.8, 4) is 0 Å². The number of rotatable bonds is 2. The molecule has 8 heteroatoms. The molecule has 0 unspecified atom stereocenters. The summed E-state index contributed by atoms with van der Waals surface area (Å²) in [4.78, 5) is 13.1. The average Bonchev–Trinajstić information content (AvgIpc) is 2.78. The van der Waals surface area contributed by atoms with E-state index in [4.69, 9.17) is 5.73 Å². The van der Waals surface area contributed by atoms with Crippen LogP contribution in [0.4, 0.5) is 10.8 Å². The summed E-state index contributed by atoms with van der Waals surface area (Å²) in [6.45, 7) is 1.86. The second-order valence-corrected chi connectivity index (χ2v) is 4.73. The fourth-order valence-electron chi connectivity index (χ4n) is 0.949. The highest BCUT2D eigenvalue weighted by Crippen LogP contribution is 2.24. The number of thiophene rings is 1. The topological polar surface area (TPSA) is 93.8 Å². The van der Waals surface area contributed by atoms with Crippen LogP contribution in [0.15, 0.2) is 6.07 Å². The van der Waals surface area contributed by atoms with E-state index in [1.165, 1.54) is 11.3 Å². The van der Waals surface area contributed by atoms with Gasteiger partial charge in [0.05, 0.1) is 4.88 Å². The van der Waals surface area contributed by atoms with Crippen molar-refractivity contribution in [2.24, 2.45) is 0 Å². The Hall–Kier alpha value is -1.54. The Kier molecular flexibility index (Phi) is 2.60. The smallest absolute Gasteiger partial charge is 0.267 e. The van der Waals surface area contributed by atoms with Crippen molar-refractivity contribution >= 4 is 39.6 Å². The minimum atomic E-state index is -0.238. The van der Waals surface area contributed by atoms with E-state index in [1.807, 2.05) is 6.92 Å². The number of carbonyl (C=O) groups excluding carboxylic acids is 1. The van der Waals surface area contributed by atoms with Crippen LogP contribution in [0.3, 0.4) is 0 Å². The van der Waals surface area contributed by atoms with E-state index in [0.717, 1.165) is 16.4 Å². The molecule has 0 aliphatic heterocycles. The van der Waals surface area contributed by atoms with Gasteiger partial charge in [0, 0.05) is 22.1 Å². The average molecular weight is 241 g/mol. The maximum absolute atomic E-state index is 11.6. The van der Waals surface area contributed by atoms with Crippen LogP contribution in [0, 0.1) is 6.92 Å². The van der Waals surface area contributed by atoms with Crippen LogP contribution < -0.4 is 11.1 Å². The van der Waals surface area contributed by atoms with Crippen LogP contribution in [0.2, 0.25) is 0 Å². The van der Waals surface area contributed by atoms with Gasteiger partial charge in [-0.15, -0.1) is 11.3 Å². The van der Waals surface area contributed by atoms with Gasteiger partial charge in [0.25, 0.3) is 5.91 Å². The summed E-state index contributed by atoms with van der Waals surface area (Å²) >= 11 is 2.37. The number of anilines is 2. The molecule has 0 aromatic carbocycles. The summed E-state index contributed by atoms with van der Waals surface area (Å²) in [6.07, 6.45) is 0. The second-order valence-electron chi connectivity index (χ2n) is 2.74. The molecule has 2 heterocycles. The van der Waals surface area contributed by atoms with Gasteiger partial charge in [-0.2, -0.15) is 0 Å². The van der Waals surface area contributed by atoms with E-state index >= 15 is 0 Å². The lowest BCUT2D eigenvalue weighted by Gasteiger charge is -1.95. The molecule has 78 valence electrons. The molecule has 0 saturated heterocycles. The summed E-state index contributed by atoms with van der Waals surface area (Å²) < 4.78 is 3.54. The van der Waals surface area contributed by atoms with E-state index in [9.17, 15) is 4.79 Å². The highest BCUT2D eigenvalue weighted by molar-refractivity contribution is 7.14. The number of carbonyl (C=O) groups is 1. The molecule has 0 aliphatic rings. The van der Waals surface area contributed by atoms with Crippen molar-refractivity contribution in [2.75, 3.05) is 11.1 Å². The molecular weight excluding hydrogens is 234 g/mol. The van der Waals surface area contributed by atoms with Crippen molar-refractivity contribution in [3.63, 3.8) is 0 Å². The van der Waals surface area contributed by atoms with Gasteiger partial charge >= 0.3 is 0 Å². The summed E-state index contributed by atoms with van der Waals surface area (Å²) in [6, 6.07) is 1.64. The van der Waals surface area contributed by atoms with Crippen molar-refractivity contribution < 1.29 is 4.79 Å². The fourth-order valence-corrected chi connectivity index (χ4v) is 2.15. The number of nitrogens with zero attached hydrogens (tertiary/aromatic N) is 3. The molecule has 0 saturated carbocycles. The van der Waals surface area contributed by atoms with Crippen LogP contribution in [-0.2, 0) is 0 Å². The van der Waals surface area contributed by atoms with Crippen LogP contribution in [0.5, 0.6) is 0 Å². The van der Waals surface area contributed by atoms with Crippen LogP contribution in [0.25, 0.3) is 0 Å². The third-order valence-electron chi connectivity index (χ3n) is 1.70. The Morgan fingerprint density at radius 1 is 1.60 bits per heavy atom. The number of hydrogen-bond donors (Lipinski definition) is 2. The Morgan fingerprint density at radius 3 is 2.93 bits per heavy atom. The van der Waals surface area contributed by atoms with Gasteiger partial charge in [-0.05, 0) is 18.2 Å². The minimum Gasteiger partial charge on any atom is -0.398 e. The molecule has 0 bridgehead atoms. The second kappa shape index (κ2) is 3.91. The van der Waals surface area contributed by atoms with E-state index in [0.29, 0.717) is 15.7 Å². The third kappa shape index (κ3) is 2.10. The van der Waals surface area contributed by atoms with Crippen molar-refractivity contribution in [1.29, 1.82) is 0 Å². The van der Waals surface area contributed by atoms with Crippen molar-refractivity contribution in [1.82, 2.24) is 14.8 Å². The normalized spacial score (nSPS) is 10.2. The molecule has 0 aliphatic carbocycles. The summed E-state index contributed by atoms with van der Waals surface area (Å²) in [5, 5.41) is 9.94. The molecule has 3 N–H and O–H groups in total. The van der Waals surface area contributed by atoms with E-state index in [-0.39, 0.29) is 5.91 Å². The number of nitrogens with two attached hydrogens (primary N) is 1. The lowest BCUT2D eigenvalue weighted by Crippen LogP contribution is -2.09. The molecule has 0 atom stereocenters. The highest BCUT2D eigenvalue weighted by atomic mass is 32.1. The fraction of sp³-hybridized carbons (Fsp3) is 0.143. The zero-order valence-corrected chi connectivity index (χ0v) is 9.35. The van der Waals surface area contributed by atoms with Crippen LogP contribution in [0.1, 0.15) is 14.5 Å². The lowest BCUT2D eigenvalue weighted by molar-refractivity contribution is 0.103. The molecule has 0 spiro atoms. The summed E-state index contributed by atoms with van der Waals surface area (Å²) in [5.41, 5.74) is 6.27. The summed E-state index contributed by atoms with van der Waals surface area (Å²) in [5.74, 6) is -0.238. The first-order valence-electron chi connectivity index (χ1n) is 3.99. The molecule has 2 aromatic rings. The van der Waals surface area contributed by atoms with Crippen LogP contribution in [-0.4, -0.2) is 20.7 Å². The van der Waals surface area contributed by atoms with Gasteiger partial charge in [0.15, 0.2) is 0 Å². The number of amides is 1. The van der Waals surface area contributed by atoms with Gasteiger partial charge in [-0.3, -0.25) is 10.1 Å². The molecule has 2 aromatic heterocycles. The van der Waals surface area contributed by atoms with E-state index in [1.54, 1.807) is 6.07 Å². The Balaban J connectivity index is 2.15. The highest BCUT2D eigenvalue weighted by Gasteiger charge is 2.12. The van der Waals surface area contributed by atoms with Crippen molar-refractivity contribution in [2.45, 2.75) is 6.92 Å². The first-order valence-corrected chi connectivity index (χ1v) is 5.58. The summed E-state index contributed by atoms with van der Waals surface area (Å²) in [7, 11) is 0. The zero-order chi connectivity index (χ0) is 10.8. The quantitative estimate of drug-likeness (QED) is 0.822. The SMILES string of the molecule is Cc1sc(C(=O)Nc2nnns2)cc1N. The molecule has 0 fully saturated rings. The van der Waals surface area contributed by atoms with Gasteiger partial charge in [-0.25, -0.2) is 0 Å². The number of nitrogens with one attached hydrogen (secondary N) is 1.